The van der Waals surface area contributed by atoms with E-state index in [1.807, 2.05) is 13.0 Å². The highest BCUT2D eigenvalue weighted by atomic mass is 16.3. The standard InChI is InChI=1S/C7H7NO2/c1-4-2-5-7(10-4)6(9)3-8-5/h2,8H,3H2,1H3. The third kappa shape index (κ3) is 0.572. The van der Waals surface area contributed by atoms with Crippen LogP contribution < -0.4 is 5.32 Å². The van der Waals surface area contributed by atoms with Crippen molar-refractivity contribution in [3.05, 3.63) is 17.6 Å². The highest BCUT2D eigenvalue weighted by Crippen LogP contribution is 2.25. The molecule has 0 radical (unpaired) electrons. The van der Waals surface area contributed by atoms with E-state index < -0.39 is 0 Å². The molecule has 0 amide bonds. The van der Waals surface area contributed by atoms with Gasteiger partial charge in [0.2, 0.25) is 5.78 Å². The Morgan fingerprint density at radius 3 is 3.20 bits per heavy atom. The van der Waals surface area contributed by atoms with Crippen LogP contribution in [0.2, 0.25) is 0 Å². The third-order valence-corrected chi connectivity index (χ3v) is 1.55. The maximum absolute atomic E-state index is 10.9. The molecule has 3 heteroatoms. The van der Waals surface area contributed by atoms with E-state index in [1.165, 1.54) is 0 Å². The van der Waals surface area contributed by atoms with Crippen LogP contribution in [-0.2, 0) is 0 Å². The highest BCUT2D eigenvalue weighted by molar-refractivity contribution is 6.05. The number of furan rings is 1. The Kier molecular flexibility index (Phi) is 0.897. The van der Waals surface area contributed by atoms with Gasteiger partial charge in [-0.05, 0) is 6.92 Å². The molecule has 3 nitrogen and oxygen atoms in total. The fourth-order valence-electron chi connectivity index (χ4n) is 1.11. The molecule has 52 valence electrons. The number of hydrogen-bond acceptors (Lipinski definition) is 3. The molecule has 1 N–H and O–H groups in total. The van der Waals surface area contributed by atoms with Gasteiger partial charge in [0.25, 0.3) is 0 Å². The number of aryl methyl sites for hydroxylation is 1. The van der Waals surface area contributed by atoms with E-state index in [4.69, 9.17) is 4.42 Å². The quantitative estimate of drug-likeness (QED) is 0.584. The van der Waals surface area contributed by atoms with Crippen LogP contribution in [0.4, 0.5) is 5.69 Å². The van der Waals surface area contributed by atoms with Gasteiger partial charge in [-0.2, -0.15) is 0 Å². The first-order valence-electron chi connectivity index (χ1n) is 3.15. The van der Waals surface area contributed by atoms with Gasteiger partial charge in [0.15, 0.2) is 5.76 Å². The lowest BCUT2D eigenvalue weighted by Gasteiger charge is -1.85. The maximum atomic E-state index is 10.9. The first-order chi connectivity index (χ1) is 4.77. The van der Waals surface area contributed by atoms with Gasteiger partial charge in [-0.1, -0.05) is 0 Å². The van der Waals surface area contributed by atoms with Crippen molar-refractivity contribution in [1.82, 2.24) is 0 Å². The van der Waals surface area contributed by atoms with Crippen LogP contribution >= 0.6 is 0 Å². The van der Waals surface area contributed by atoms with Gasteiger partial charge in [0.1, 0.15) is 5.76 Å². The summed E-state index contributed by atoms with van der Waals surface area (Å²) in [6.07, 6.45) is 0. The van der Waals surface area contributed by atoms with E-state index in [0.29, 0.717) is 12.3 Å². The molecule has 0 unspecified atom stereocenters. The van der Waals surface area contributed by atoms with Crippen molar-refractivity contribution in [1.29, 1.82) is 0 Å². The fraction of sp³-hybridized carbons (Fsp3) is 0.286. The average Bonchev–Trinajstić information content (AvgIpc) is 2.35. The van der Waals surface area contributed by atoms with E-state index >= 15 is 0 Å². The number of hydrogen-bond donors (Lipinski definition) is 1. The number of carbonyl (C=O) groups excluding carboxylic acids is 1. The summed E-state index contributed by atoms with van der Waals surface area (Å²) < 4.78 is 5.13. The zero-order chi connectivity index (χ0) is 7.14. The Bertz CT molecular complexity index is 288. The zero-order valence-corrected chi connectivity index (χ0v) is 5.60. The lowest BCUT2D eigenvalue weighted by molar-refractivity contribution is 0.0988. The van der Waals surface area contributed by atoms with Crippen LogP contribution in [0.1, 0.15) is 16.3 Å². The molecule has 0 fully saturated rings. The van der Waals surface area contributed by atoms with Gasteiger partial charge in [-0.25, -0.2) is 0 Å². The molecular weight excluding hydrogens is 130 g/mol. The smallest absolute Gasteiger partial charge is 0.219 e. The van der Waals surface area contributed by atoms with E-state index in [9.17, 15) is 4.79 Å². The largest absolute Gasteiger partial charge is 0.456 e. The molecule has 0 bridgehead atoms. The molecule has 1 aromatic rings. The SMILES string of the molecule is Cc1cc2c(o1)C(=O)CN2. The number of carbonyl (C=O) groups is 1. The van der Waals surface area contributed by atoms with Crippen LogP contribution in [0.3, 0.4) is 0 Å². The second kappa shape index (κ2) is 1.62. The normalized spacial score (nSPS) is 15.1. The first-order valence-corrected chi connectivity index (χ1v) is 3.15. The molecule has 0 aliphatic carbocycles. The Labute approximate surface area is 58.0 Å². The van der Waals surface area contributed by atoms with Crippen LogP contribution in [0, 0.1) is 6.92 Å². The van der Waals surface area contributed by atoms with Gasteiger partial charge in [-0.15, -0.1) is 0 Å². The number of nitrogens with one attached hydrogen (secondary N) is 1. The molecule has 1 aromatic heterocycles. The van der Waals surface area contributed by atoms with Gasteiger partial charge >= 0.3 is 0 Å². The lowest BCUT2D eigenvalue weighted by atomic mass is 10.3. The monoisotopic (exact) mass is 137 g/mol. The Morgan fingerprint density at radius 2 is 2.50 bits per heavy atom. The van der Waals surface area contributed by atoms with Crippen molar-refractivity contribution in [2.45, 2.75) is 6.92 Å². The highest BCUT2D eigenvalue weighted by Gasteiger charge is 2.22. The molecule has 10 heavy (non-hydrogen) atoms. The number of anilines is 1. The van der Waals surface area contributed by atoms with Gasteiger partial charge in [0, 0.05) is 6.07 Å². The Balaban J connectivity index is 2.59. The second-order valence-corrected chi connectivity index (χ2v) is 2.38. The van der Waals surface area contributed by atoms with Crippen molar-refractivity contribution >= 4 is 11.5 Å². The van der Waals surface area contributed by atoms with E-state index in [0.717, 1.165) is 11.4 Å². The summed E-state index contributed by atoms with van der Waals surface area (Å²) >= 11 is 0. The number of Topliss-reactive ketones (excluding diaryl/α,β-unsaturated/α-hetero) is 1. The minimum absolute atomic E-state index is 0.0445. The zero-order valence-electron chi connectivity index (χ0n) is 5.60. The van der Waals surface area contributed by atoms with Crippen LogP contribution in [0.25, 0.3) is 0 Å². The molecule has 0 aromatic carbocycles. The van der Waals surface area contributed by atoms with E-state index in [-0.39, 0.29) is 5.78 Å². The number of rotatable bonds is 0. The summed E-state index contributed by atoms with van der Waals surface area (Å²) in [6, 6.07) is 1.83. The molecule has 2 heterocycles. The molecule has 0 saturated carbocycles. The Morgan fingerprint density at radius 1 is 1.70 bits per heavy atom. The molecule has 2 rings (SSSR count). The van der Waals surface area contributed by atoms with Crippen molar-refractivity contribution in [2.75, 3.05) is 11.9 Å². The lowest BCUT2D eigenvalue weighted by Crippen LogP contribution is -2.01. The fourth-order valence-corrected chi connectivity index (χ4v) is 1.11. The average molecular weight is 137 g/mol. The van der Waals surface area contributed by atoms with Gasteiger partial charge in [-0.3, -0.25) is 4.79 Å². The van der Waals surface area contributed by atoms with Crippen molar-refractivity contribution in [3.8, 4) is 0 Å². The van der Waals surface area contributed by atoms with Gasteiger partial charge < -0.3 is 9.73 Å². The summed E-state index contributed by atoms with van der Waals surface area (Å²) in [6.45, 7) is 2.21. The number of ketones is 1. The van der Waals surface area contributed by atoms with Crippen molar-refractivity contribution in [2.24, 2.45) is 0 Å². The molecule has 0 saturated heterocycles. The summed E-state index contributed by atoms with van der Waals surface area (Å²) in [5.74, 6) is 1.31. The molecule has 0 spiro atoms. The minimum Gasteiger partial charge on any atom is -0.456 e. The molecule has 0 atom stereocenters. The van der Waals surface area contributed by atoms with Crippen LogP contribution in [0.5, 0.6) is 0 Å². The summed E-state index contributed by atoms with van der Waals surface area (Å²) in [4.78, 5) is 10.9. The Hall–Kier alpha value is -1.25. The first kappa shape index (κ1) is 5.53. The maximum Gasteiger partial charge on any atom is 0.219 e. The summed E-state index contributed by atoms with van der Waals surface area (Å²) in [5.41, 5.74) is 0.836. The molecular formula is C7H7NO2. The predicted molar refractivity (Wildman–Crippen MR) is 36.3 cm³/mol. The van der Waals surface area contributed by atoms with E-state index in [2.05, 4.69) is 5.32 Å². The van der Waals surface area contributed by atoms with Crippen molar-refractivity contribution in [3.63, 3.8) is 0 Å². The summed E-state index contributed by atoms with van der Waals surface area (Å²) in [7, 11) is 0. The topological polar surface area (TPSA) is 42.2 Å². The molecule has 1 aliphatic rings. The van der Waals surface area contributed by atoms with E-state index in [1.54, 1.807) is 0 Å². The number of fused-ring (bicyclic) bond motifs is 1. The summed E-state index contributed by atoms with van der Waals surface area (Å²) in [5, 5.41) is 2.93. The van der Waals surface area contributed by atoms with Crippen LogP contribution in [0.15, 0.2) is 10.5 Å². The minimum atomic E-state index is 0.0445. The van der Waals surface area contributed by atoms with Crippen LogP contribution in [-0.4, -0.2) is 12.3 Å². The van der Waals surface area contributed by atoms with Crippen molar-refractivity contribution < 1.29 is 9.21 Å². The van der Waals surface area contributed by atoms with Gasteiger partial charge in [0.05, 0.1) is 12.2 Å². The second-order valence-electron chi connectivity index (χ2n) is 2.38. The third-order valence-electron chi connectivity index (χ3n) is 1.55. The predicted octanol–water partition coefficient (Wildman–Crippen LogP) is 1.20. The molecule has 1 aliphatic heterocycles.